The molecule has 1 aliphatic rings. The Morgan fingerprint density at radius 2 is 2.13 bits per heavy atom. The molecule has 0 spiro atoms. The van der Waals surface area contributed by atoms with Crippen molar-refractivity contribution in [2.45, 2.75) is 44.8 Å². The van der Waals surface area contributed by atoms with E-state index in [9.17, 15) is 14.9 Å². The minimum absolute atomic E-state index is 0.0412. The van der Waals surface area contributed by atoms with Gasteiger partial charge < -0.3 is 15.2 Å². The summed E-state index contributed by atoms with van der Waals surface area (Å²) in [5, 5.41) is 19.4. The molecule has 1 atom stereocenters. The molecule has 0 radical (unpaired) electrons. The first-order chi connectivity index (χ1) is 18.2. The molecule has 1 fully saturated rings. The number of rotatable bonds is 7. The average Bonchev–Trinajstić information content (AvgIpc) is 3.69. The Bertz CT molecular complexity index is 1550. The summed E-state index contributed by atoms with van der Waals surface area (Å²) < 4.78 is 1.94. The Labute approximate surface area is 223 Å². The van der Waals surface area contributed by atoms with Gasteiger partial charge in [0.1, 0.15) is 11.6 Å². The van der Waals surface area contributed by atoms with E-state index in [4.69, 9.17) is 5.73 Å². The predicted octanol–water partition coefficient (Wildman–Crippen LogP) is 3.92. The number of fused-ring (bicyclic) bond motifs is 1. The monoisotopic (exact) mass is 528 g/mol. The number of amides is 2. The molecule has 1 aliphatic heterocycles. The third kappa shape index (κ3) is 5.22. The van der Waals surface area contributed by atoms with E-state index in [1.165, 1.54) is 17.4 Å². The molecule has 4 aromatic rings. The summed E-state index contributed by atoms with van der Waals surface area (Å²) in [6.45, 7) is 4.47. The van der Waals surface area contributed by atoms with Gasteiger partial charge in [-0.3, -0.25) is 20.0 Å². The molecule has 11 heteroatoms. The number of hydrogen-bond acceptors (Lipinski definition) is 7. The Morgan fingerprint density at radius 1 is 1.32 bits per heavy atom. The number of thiophene rings is 1. The Kier molecular flexibility index (Phi) is 6.84. The van der Waals surface area contributed by atoms with Crippen LogP contribution < -0.4 is 11.1 Å². The van der Waals surface area contributed by atoms with Crippen molar-refractivity contribution in [1.82, 2.24) is 24.6 Å². The third-order valence-electron chi connectivity index (χ3n) is 6.39. The molecule has 1 aromatic carbocycles. The van der Waals surface area contributed by atoms with Crippen LogP contribution in [0, 0.1) is 11.3 Å². The van der Waals surface area contributed by atoms with E-state index in [2.05, 4.69) is 20.5 Å². The van der Waals surface area contributed by atoms with Crippen LogP contribution in [-0.2, 0) is 11.3 Å². The number of carbonyl (C=O) groups is 2. The molecule has 10 nitrogen and oxygen atoms in total. The topological polar surface area (TPSA) is 146 Å². The zero-order valence-corrected chi connectivity index (χ0v) is 22.0. The number of H-pyrrole nitrogens is 1. The highest BCUT2D eigenvalue weighted by atomic mass is 32.1. The van der Waals surface area contributed by atoms with E-state index < -0.39 is 5.54 Å². The number of aromatic nitrogens is 4. The van der Waals surface area contributed by atoms with Crippen molar-refractivity contribution in [3.63, 3.8) is 0 Å². The minimum Gasteiger partial charge on any atom is -0.333 e. The number of likely N-dealkylation sites (tertiary alicyclic amines) is 1. The molecule has 2 amide bonds. The largest absolute Gasteiger partial charge is 0.333 e. The molecule has 0 bridgehead atoms. The van der Waals surface area contributed by atoms with E-state index >= 15 is 0 Å². The average molecular weight is 529 g/mol. The van der Waals surface area contributed by atoms with Crippen LogP contribution in [0.5, 0.6) is 0 Å². The van der Waals surface area contributed by atoms with Crippen molar-refractivity contribution in [3.05, 3.63) is 65.3 Å². The van der Waals surface area contributed by atoms with Crippen LogP contribution in [0.1, 0.15) is 36.4 Å². The highest BCUT2D eigenvalue weighted by Crippen LogP contribution is 2.29. The molecule has 0 unspecified atom stereocenters. The molecule has 194 valence electrons. The summed E-state index contributed by atoms with van der Waals surface area (Å²) in [6, 6.07) is 13.2. The van der Waals surface area contributed by atoms with Crippen LogP contribution in [0.15, 0.2) is 60.4 Å². The second-order valence-electron chi connectivity index (χ2n) is 9.93. The van der Waals surface area contributed by atoms with Gasteiger partial charge in [0.15, 0.2) is 0 Å². The second kappa shape index (κ2) is 10.2. The fourth-order valence-corrected chi connectivity index (χ4v) is 5.57. The first kappa shape index (κ1) is 25.4. The van der Waals surface area contributed by atoms with Crippen molar-refractivity contribution in [2.75, 3.05) is 11.9 Å². The molecular formula is C27H28N8O2S. The van der Waals surface area contributed by atoms with E-state index in [1.54, 1.807) is 37.2 Å². The number of aromatic amines is 1. The smallest absolute Gasteiger partial charge is 0.268 e. The van der Waals surface area contributed by atoms with Crippen molar-refractivity contribution in [2.24, 2.45) is 5.73 Å². The number of carbonyl (C=O) groups excluding carboxylic acids is 2. The quantitative estimate of drug-likeness (QED) is 0.245. The van der Waals surface area contributed by atoms with Crippen LogP contribution in [0.2, 0.25) is 0 Å². The first-order valence-corrected chi connectivity index (χ1v) is 13.1. The molecule has 0 saturated carbocycles. The van der Waals surface area contributed by atoms with Crippen molar-refractivity contribution in [3.8, 4) is 16.5 Å². The van der Waals surface area contributed by atoms with Crippen LogP contribution in [0.25, 0.3) is 21.5 Å². The summed E-state index contributed by atoms with van der Waals surface area (Å²) in [5.41, 5.74) is 7.81. The number of benzene rings is 1. The SMILES string of the molecule is CC(C)(N)/C=C(\C#N)C(=O)N1CCC[C@@H]1Cn1c(NC(=O)c2ccc(-c3cn[nH]c3)s2)nc2ccccc21. The maximum atomic E-state index is 13.3. The van der Waals surface area contributed by atoms with Crippen LogP contribution in [-0.4, -0.2) is 54.6 Å². The lowest BCUT2D eigenvalue weighted by atomic mass is 10.0. The Morgan fingerprint density at radius 3 is 2.87 bits per heavy atom. The maximum Gasteiger partial charge on any atom is 0.268 e. The van der Waals surface area contributed by atoms with Gasteiger partial charge in [-0.1, -0.05) is 12.1 Å². The van der Waals surface area contributed by atoms with Crippen LogP contribution in [0.3, 0.4) is 0 Å². The van der Waals surface area contributed by atoms with Gasteiger partial charge in [-0.15, -0.1) is 11.3 Å². The lowest BCUT2D eigenvalue weighted by Crippen LogP contribution is -2.40. The van der Waals surface area contributed by atoms with Gasteiger partial charge in [-0.25, -0.2) is 4.98 Å². The minimum atomic E-state index is -0.785. The van der Waals surface area contributed by atoms with Gasteiger partial charge in [0.25, 0.3) is 11.8 Å². The summed E-state index contributed by atoms with van der Waals surface area (Å²) in [5.74, 6) is -0.178. The molecule has 3 aromatic heterocycles. The molecule has 1 saturated heterocycles. The van der Waals surface area contributed by atoms with Gasteiger partial charge in [0, 0.05) is 35.3 Å². The fourth-order valence-electron chi connectivity index (χ4n) is 4.69. The van der Waals surface area contributed by atoms with Crippen LogP contribution >= 0.6 is 11.3 Å². The van der Waals surface area contributed by atoms with E-state index in [0.717, 1.165) is 34.3 Å². The lowest BCUT2D eigenvalue weighted by Gasteiger charge is -2.26. The molecule has 38 heavy (non-hydrogen) atoms. The van der Waals surface area contributed by atoms with E-state index in [1.807, 2.05) is 41.0 Å². The molecular weight excluding hydrogens is 500 g/mol. The summed E-state index contributed by atoms with van der Waals surface area (Å²) in [7, 11) is 0. The fraction of sp³-hybridized carbons (Fsp3) is 0.296. The maximum absolute atomic E-state index is 13.3. The summed E-state index contributed by atoms with van der Waals surface area (Å²) in [6.07, 6.45) is 6.60. The van der Waals surface area contributed by atoms with Crippen molar-refractivity contribution < 1.29 is 9.59 Å². The van der Waals surface area contributed by atoms with Gasteiger partial charge in [-0.05, 0) is 57.0 Å². The summed E-state index contributed by atoms with van der Waals surface area (Å²) >= 11 is 1.37. The van der Waals surface area contributed by atoms with Crippen LogP contribution in [0.4, 0.5) is 5.95 Å². The van der Waals surface area contributed by atoms with E-state index in [0.29, 0.717) is 23.9 Å². The summed E-state index contributed by atoms with van der Waals surface area (Å²) in [4.78, 5) is 34.4. The highest BCUT2D eigenvalue weighted by molar-refractivity contribution is 7.17. The predicted molar refractivity (Wildman–Crippen MR) is 146 cm³/mol. The van der Waals surface area contributed by atoms with Crippen molar-refractivity contribution in [1.29, 1.82) is 5.26 Å². The molecule has 5 rings (SSSR count). The highest BCUT2D eigenvalue weighted by Gasteiger charge is 2.32. The zero-order valence-electron chi connectivity index (χ0n) is 21.1. The number of nitrogens with one attached hydrogen (secondary N) is 2. The van der Waals surface area contributed by atoms with Gasteiger partial charge in [-0.2, -0.15) is 10.4 Å². The van der Waals surface area contributed by atoms with Gasteiger partial charge in [0.05, 0.1) is 28.1 Å². The molecule has 4 N–H and O–H groups in total. The lowest BCUT2D eigenvalue weighted by molar-refractivity contribution is -0.127. The number of anilines is 1. The number of hydrogen-bond donors (Lipinski definition) is 3. The standard InChI is InChI=1S/C27H28N8O2S/c1-27(2,29)12-17(13-28)25(37)34-11-5-6-19(34)16-35-21-8-4-3-7-20(21)32-26(35)33-24(36)23-10-9-22(38-23)18-14-30-31-15-18/h3-4,7-10,12,14-15,19H,5-6,11,16,29H2,1-2H3,(H,30,31)(H,32,33,36)/b17-12+/t19-/m1/s1. The van der Waals surface area contributed by atoms with Gasteiger partial charge in [0.2, 0.25) is 5.95 Å². The Hall–Kier alpha value is -4.27. The first-order valence-electron chi connectivity index (χ1n) is 12.3. The number of nitriles is 1. The third-order valence-corrected chi connectivity index (χ3v) is 7.52. The Balaban J connectivity index is 1.41. The normalized spacial score (nSPS) is 16.1. The molecule has 0 aliphatic carbocycles. The van der Waals surface area contributed by atoms with Crippen molar-refractivity contribution >= 4 is 40.1 Å². The zero-order chi connectivity index (χ0) is 26.9. The second-order valence-corrected chi connectivity index (χ2v) is 11.0. The number of nitrogens with zero attached hydrogens (tertiary/aromatic N) is 5. The van der Waals surface area contributed by atoms with Gasteiger partial charge >= 0.3 is 0 Å². The number of nitrogens with two attached hydrogens (primary N) is 1. The van der Waals surface area contributed by atoms with E-state index in [-0.39, 0.29) is 23.4 Å². The number of imidazole rings is 1. The number of para-hydroxylation sites is 2. The molecule has 4 heterocycles.